The average Bonchev–Trinajstić information content (AvgIpc) is 2.35. The van der Waals surface area contributed by atoms with Crippen LogP contribution in [0, 0.1) is 5.41 Å². The highest BCUT2D eigenvalue weighted by molar-refractivity contribution is 5.96. The van der Waals surface area contributed by atoms with Gasteiger partial charge in [-0.25, -0.2) is 0 Å². The molecule has 0 aliphatic carbocycles. The number of benzene rings is 1. The van der Waals surface area contributed by atoms with Crippen molar-refractivity contribution in [1.82, 2.24) is 5.32 Å². The average molecular weight is 277 g/mol. The summed E-state index contributed by atoms with van der Waals surface area (Å²) in [6, 6.07) is 7.12. The SMILES string of the molecule is CCNCC(=O)Nc1cccc(NC(=O)C(C)(C)C)c1. The molecule has 110 valence electrons. The summed E-state index contributed by atoms with van der Waals surface area (Å²) in [5.74, 6) is -0.167. The number of hydrogen-bond acceptors (Lipinski definition) is 3. The van der Waals surface area contributed by atoms with Crippen LogP contribution in [0.2, 0.25) is 0 Å². The molecule has 0 heterocycles. The molecule has 3 N–H and O–H groups in total. The number of hydrogen-bond donors (Lipinski definition) is 3. The molecule has 0 aliphatic heterocycles. The fourth-order valence-electron chi connectivity index (χ4n) is 1.44. The van der Waals surface area contributed by atoms with Crippen LogP contribution in [0.1, 0.15) is 27.7 Å². The summed E-state index contributed by atoms with van der Waals surface area (Å²) < 4.78 is 0. The Morgan fingerprint density at radius 2 is 1.70 bits per heavy atom. The zero-order valence-corrected chi connectivity index (χ0v) is 12.5. The van der Waals surface area contributed by atoms with E-state index in [0.717, 1.165) is 6.54 Å². The Morgan fingerprint density at radius 1 is 1.10 bits per heavy atom. The van der Waals surface area contributed by atoms with Gasteiger partial charge in [-0.15, -0.1) is 0 Å². The summed E-state index contributed by atoms with van der Waals surface area (Å²) in [6.07, 6.45) is 0. The van der Waals surface area contributed by atoms with Gasteiger partial charge in [0, 0.05) is 16.8 Å². The molecule has 0 fully saturated rings. The van der Waals surface area contributed by atoms with Gasteiger partial charge in [-0.3, -0.25) is 9.59 Å². The molecule has 0 saturated heterocycles. The van der Waals surface area contributed by atoms with Gasteiger partial charge >= 0.3 is 0 Å². The van der Waals surface area contributed by atoms with Gasteiger partial charge in [0.1, 0.15) is 0 Å². The molecule has 20 heavy (non-hydrogen) atoms. The maximum absolute atomic E-state index is 11.9. The molecule has 0 unspecified atom stereocenters. The summed E-state index contributed by atoms with van der Waals surface area (Å²) in [6.45, 7) is 8.51. The van der Waals surface area contributed by atoms with E-state index in [1.54, 1.807) is 24.3 Å². The van der Waals surface area contributed by atoms with Crippen molar-refractivity contribution in [3.8, 4) is 0 Å². The van der Waals surface area contributed by atoms with E-state index in [9.17, 15) is 9.59 Å². The number of likely N-dealkylation sites (N-methyl/N-ethyl adjacent to an activating group) is 1. The van der Waals surface area contributed by atoms with Crippen LogP contribution in [0.4, 0.5) is 11.4 Å². The molecule has 0 bridgehead atoms. The largest absolute Gasteiger partial charge is 0.326 e. The number of carbonyl (C=O) groups excluding carboxylic acids is 2. The highest BCUT2D eigenvalue weighted by atomic mass is 16.2. The number of anilines is 2. The van der Waals surface area contributed by atoms with Gasteiger partial charge in [0.15, 0.2) is 0 Å². The van der Waals surface area contributed by atoms with Crippen LogP contribution in [0.15, 0.2) is 24.3 Å². The minimum Gasteiger partial charge on any atom is -0.326 e. The smallest absolute Gasteiger partial charge is 0.238 e. The number of nitrogens with one attached hydrogen (secondary N) is 3. The van der Waals surface area contributed by atoms with Crippen molar-refractivity contribution in [3.05, 3.63) is 24.3 Å². The van der Waals surface area contributed by atoms with E-state index < -0.39 is 5.41 Å². The van der Waals surface area contributed by atoms with Gasteiger partial charge in [-0.1, -0.05) is 33.8 Å². The molecular formula is C15H23N3O2. The Balaban J connectivity index is 2.66. The van der Waals surface area contributed by atoms with E-state index in [0.29, 0.717) is 11.4 Å². The molecule has 2 amide bonds. The minimum absolute atomic E-state index is 0.0615. The van der Waals surface area contributed by atoms with E-state index >= 15 is 0 Å². The van der Waals surface area contributed by atoms with Crippen molar-refractivity contribution in [2.24, 2.45) is 5.41 Å². The van der Waals surface area contributed by atoms with Crippen LogP contribution in [0.3, 0.4) is 0 Å². The predicted octanol–water partition coefficient (Wildman–Crippen LogP) is 2.22. The Bertz CT molecular complexity index is 478. The van der Waals surface area contributed by atoms with Crippen LogP contribution in [-0.4, -0.2) is 24.9 Å². The van der Waals surface area contributed by atoms with Crippen molar-refractivity contribution in [2.45, 2.75) is 27.7 Å². The molecule has 0 atom stereocenters. The lowest BCUT2D eigenvalue weighted by atomic mass is 9.95. The van der Waals surface area contributed by atoms with Gasteiger partial charge < -0.3 is 16.0 Å². The molecule has 1 rings (SSSR count). The lowest BCUT2D eigenvalue weighted by molar-refractivity contribution is -0.123. The molecule has 0 aromatic heterocycles. The van der Waals surface area contributed by atoms with Crippen molar-refractivity contribution < 1.29 is 9.59 Å². The maximum Gasteiger partial charge on any atom is 0.238 e. The first kappa shape index (κ1) is 16.2. The zero-order valence-electron chi connectivity index (χ0n) is 12.5. The fourth-order valence-corrected chi connectivity index (χ4v) is 1.44. The lowest BCUT2D eigenvalue weighted by Gasteiger charge is -2.18. The van der Waals surface area contributed by atoms with E-state index in [4.69, 9.17) is 0 Å². The number of rotatable bonds is 5. The number of amides is 2. The van der Waals surface area contributed by atoms with Crippen LogP contribution in [0.5, 0.6) is 0 Å². The standard InChI is InChI=1S/C15H23N3O2/c1-5-16-10-13(19)17-11-7-6-8-12(9-11)18-14(20)15(2,3)4/h6-9,16H,5,10H2,1-4H3,(H,17,19)(H,18,20). The predicted molar refractivity (Wildman–Crippen MR) is 81.7 cm³/mol. The Labute approximate surface area is 120 Å². The molecule has 5 nitrogen and oxygen atoms in total. The Kier molecular flexibility index (Phi) is 5.70. The van der Waals surface area contributed by atoms with Gasteiger partial charge in [-0.05, 0) is 24.7 Å². The monoisotopic (exact) mass is 277 g/mol. The van der Waals surface area contributed by atoms with Crippen molar-refractivity contribution >= 4 is 23.2 Å². The molecule has 0 radical (unpaired) electrons. The van der Waals surface area contributed by atoms with Crippen molar-refractivity contribution in [2.75, 3.05) is 23.7 Å². The molecule has 0 spiro atoms. The molecule has 5 heteroatoms. The third-order valence-electron chi connectivity index (χ3n) is 2.62. The number of carbonyl (C=O) groups is 2. The second-order valence-corrected chi connectivity index (χ2v) is 5.61. The highest BCUT2D eigenvalue weighted by Gasteiger charge is 2.21. The maximum atomic E-state index is 11.9. The highest BCUT2D eigenvalue weighted by Crippen LogP contribution is 2.19. The van der Waals surface area contributed by atoms with E-state index in [2.05, 4.69) is 16.0 Å². The summed E-state index contributed by atoms with van der Waals surface area (Å²) in [5, 5.41) is 8.56. The lowest BCUT2D eigenvalue weighted by Crippen LogP contribution is -2.28. The van der Waals surface area contributed by atoms with E-state index in [-0.39, 0.29) is 18.4 Å². The van der Waals surface area contributed by atoms with Crippen LogP contribution in [-0.2, 0) is 9.59 Å². The van der Waals surface area contributed by atoms with Crippen LogP contribution >= 0.6 is 0 Å². The van der Waals surface area contributed by atoms with Crippen molar-refractivity contribution in [1.29, 1.82) is 0 Å². The second-order valence-electron chi connectivity index (χ2n) is 5.61. The third kappa shape index (κ3) is 5.40. The van der Waals surface area contributed by atoms with E-state index in [1.165, 1.54) is 0 Å². The topological polar surface area (TPSA) is 70.2 Å². The van der Waals surface area contributed by atoms with E-state index in [1.807, 2.05) is 27.7 Å². The molecule has 0 saturated carbocycles. The summed E-state index contributed by atoms with van der Waals surface area (Å²) >= 11 is 0. The molecule has 1 aromatic carbocycles. The first-order valence-corrected chi connectivity index (χ1v) is 6.75. The normalized spacial score (nSPS) is 11.0. The zero-order chi connectivity index (χ0) is 15.2. The second kappa shape index (κ2) is 7.05. The molecular weight excluding hydrogens is 254 g/mol. The Morgan fingerprint density at radius 3 is 2.25 bits per heavy atom. The van der Waals surface area contributed by atoms with Gasteiger partial charge in [-0.2, -0.15) is 0 Å². The first-order chi connectivity index (χ1) is 9.32. The first-order valence-electron chi connectivity index (χ1n) is 6.75. The van der Waals surface area contributed by atoms with Gasteiger partial charge in [0.2, 0.25) is 11.8 Å². The quantitative estimate of drug-likeness (QED) is 0.773. The van der Waals surface area contributed by atoms with Gasteiger partial charge in [0.25, 0.3) is 0 Å². The van der Waals surface area contributed by atoms with Crippen LogP contribution < -0.4 is 16.0 Å². The minimum atomic E-state index is -0.454. The Hall–Kier alpha value is -1.88. The van der Waals surface area contributed by atoms with Crippen LogP contribution in [0.25, 0.3) is 0 Å². The molecule has 0 aliphatic rings. The summed E-state index contributed by atoms with van der Waals surface area (Å²) in [5.41, 5.74) is 0.885. The summed E-state index contributed by atoms with van der Waals surface area (Å²) in [4.78, 5) is 23.5. The van der Waals surface area contributed by atoms with Gasteiger partial charge in [0.05, 0.1) is 6.54 Å². The third-order valence-corrected chi connectivity index (χ3v) is 2.62. The van der Waals surface area contributed by atoms with Crippen molar-refractivity contribution in [3.63, 3.8) is 0 Å². The molecule has 1 aromatic rings. The fraction of sp³-hybridized carbons (Fsp3) is 0.467. The summed E-state index contributed by atoms with van der Waals surface area (Å²) in [7, 11) is 0.